The molecule has 1 aliphatic carbocycles. The molecule has 2 rings (SSSR count). The summed E-state index contributed by atoms with van der Waals surface area (Å²) in [5.74, 6) is -3.23. The first-order valence-electron chi connectivity index (χ1n) is 19.8. The topological polar surface area (TPSA) is 231 Å². The standard InChI is InChI=1S/C40H64N4O13S/c1-10-53-34(47)31(24-27-17-19-29(20-18-27)55-37(50)54-11-2)43-35(48)40(21-13-14-22-40)25-28(33(46)56-38(3,4)5)26-42-32(45)30(44-58(9,51)52)16-12-15-23-41-36(49)57-39(6,7)8/h17-20,28,30-31,44H,10-16,21-26H2,1-9H3,(H,41,49)(H,42,45)(H,43,48)/t28-,30-,31-/m0/s1. The minimum atomic E-state index is -3.83. The SMILES string of the molecule is CCOC(=O)Oc1ccc(C[C@H](NC(=O)C2(C[C@@H](CNC(=O)[C@H](CCCCNC(=O)OC(C)(C)C)NS(C)(=O)=O)C(=O)OC(C)(C)C)CCCC2)C(=O)OCC)cc1. The maximum Gasteiger partial charge on any atom is 0.513 e. The molecule has 0 bridgehead atoms. The molecule has 328 valence electrons. The zero-order valence-corrected chi connectivity index (χ0v) is 36.3. The summed E-state index contributed by atoms with van der Waals surface area (Å²) in [4.78, 5) is 78.4. The average molecular weight is 841 g/mol. The normalized spacial score (nSPS) is 15.5. The van der Waals surface area contributed by atoms with E-state index in [0.29, 0.717) is 44.1 Å². The summed E-state index contributed by atoms with van der Waals surface area (Å²) in [7, 11) is -3.83. The molecular weight excluding hydrogens is 777 g/mol. The maximum absolute atomic E-state index is 14.3. The van der Waals surface area contributed by atoms with Crippen molar-refractivity contribution < 1.29 is 60.9 Å². The van der Waals surface area contributed by atoms with Gasteiger partial charge in [-0.2, -0.15) is 0 Å². The zero-order chi connectivity index (χ0) is 43.7. The average Bonchev–Trinajstić information content (AvgIpc) is 3.58. The summed E-state index contributed by atoms with van der Waals surface area (Å²) < 4.78 is 53.0. The monoisotopic (exact) mass is 840 g/mol. The number of benzene rings is 1. The predicted octanol–water partition coefficient (Wildman–Crippen LogP) is 4.45. The minimum absolute atomic E-state index is 0.0238. The Labute approximate surface area is 342 Å². The smallest absolute Gasteiger partial charge is 0.464 e. The second-order valence-electron chi connectivity index (χ2n) is 16.4. The number of unbranched alkanes of at least 4 members (excludes halogenated alkanes) is 1. The molecule has 0 aliphatic heterocycles. The number of nitrogens with one attached hydrogen (secondary N) is 4. The number of amides is 3. The first-order valence-corrected chi connectivity index (χ1v) is 21.7. The number of carbonyl (C=O) groups is 6. The van der Waals surface area contributed by atoms with Gasteiger partial charge >= 0.3 is 24.2 Å². The van der Waals surface area contributed by atoms with Gasteiger partial charge in [-0.25, -0.2) is 27.5 Å². The molecule has 0 heterocycles. The highest BCUT2D eigenvalue weighted by molar-refractivity contribution is 7.88. The van der Waals surface area contributed by atoms with Crippen LogP contribution < -0.4 is 25.4 Å². The van der Waals surface area contributed by atoms with Gasteiger partial charge in [0.2, 0.25) is 21.8 Å². The number of ether oxygens (including phenoxy) is 5. The van der Waals surface area contributed by atoms with E-state index in [9.17, 15) is 37.2 Å². The largest absolute Gasteiger partial charge is 0.513 e. The molecule has 1 saturated carbocycles. The van der Waals surface area contributed by atoms with E-state index in [1.54, 1.807) is 67.5 Å². The van der Waals surface area contributed by atoms with Gasteiger partial charge in [0.05, 0.1) is 30.8 Å². The highest BCUT2D eigenvalue weighted by atomic mass is 32.2. The van der Waals surface area contributed by atoms with Crippen molar-refractivity contribution in [2.75, 3.05) is 32.6 Å². The van der Waals surface area contributed by atoms with Crippen molar-refractivity contribution in [3.8, 4) is 5.75 Å². The van der Waals surface area contributed by atoms with Crippen LogP contribution in [-0.4, -0.2) is 100 Å². The molecule has 17 nitrogen and oxygen atoms in total. The van der Waals surface area contributed by atoms with Crippen LogP contribution in [0.15, 0.2) is 24.3 Å². The first-order chi connectivity index (χ1) is 27.0. The fourth-order valence-corrected chi connectivity index (χ4v) is 7.16. The van der Waals surface area contributed by atoms with Crippen molar-refractivity contribution in [1.29, 1.82) is 0 Å². The van der Waals surface area contributed by atoms with Crippen LogP contribution in [-0.2, 0) is 54.6 Å². The van der Waals surface area contributed by atoms with Gasteiger partial charge in [-0.3, -0.25) is 14.4 Å². The third-order valence-corrected chi connectivity index (χ3v) is 9.62. The lowest BCUT2D eigenvalue weighted by Gasteiger charge is -2.34. The number of hydrogen-bond donors (Lipinski definition) is 4. The van der Waals surface area contributed by atoms with Gasteiger partial charge in [0, 0.05) is 19.5 Å². The number of esters is 2. The van der Waals surface area contributed by atoms with E-state index in [1.807, 2.05) is 0 Å². The minimum Gasteiger partial charge on any atom is -0.464 e. The van der Waals surface area contributed by atoms with Gasteiger partial charge in [-0.15, -0.1) is 0 Å². The van der Waals surface area contributed by atoms with Crippen molar-refractivity contribution in [2.45, 2.75) is 136 Å². The molecular formula is C40H64N4O13S. The zero-order valence-electron chi connectivity index (χ0n) is 35.4. The van der Waals surface area contributed by atoms with Gasteiger partial charge in [-0.05, 0) is 112 Å². The molecule has 3 amide bonds. The Morgan fingerprint density at radius 2 is 1.40 bits per heavy atom. The molecule has 1 aromatic carbocycles. The Balaban J connectivity index is 2.26. The summed E-state index contributed by atoms with van der Waals surface area (Å²) in [6, 6.07) is 4.08. The van der Waals surface area contributed by atoms with Crippen molar-refractivity contribution in [1.82, 2.24) is 20.7 Å². The third kappa shape index (κ3) is 18.9. The summed E-state index contributed by atoms with van der Waals surface area (Å²) >= 11 is 0. The van der Waals surface area contributed by atoms with Crippen LogP contribution in [0.3, 0.4) is 0 Å². The van der Waals surface area contributed by atoms with Crippen LogP contribution in [0.25, 0.3) is 0 Å². The van der Waals surface area contributed by atoms with Crippen molar-refractivity contribution >= 4 is 46.0 Å². The van der Waals surface area contributed by atoms with E-state index >= 15 is 0 Å². The molecule has 1 aromatic rings. The molecule has 4 N–H and O–H groups in total. The Morgan fingerprint density at radius 1 is 0.793 bits per heavy atom. The van der Waals surface area contributed by atoms with Crippen LogP contribution in [0.4, 0.5) is 9.59 Å². The number of hydrogen-bond acceptors (Lipinski definition) is 13. The van der Waals surface area contributed by atoms with Gasteiger partial charge in [0.25, 0.3) is 0 Å². The third-order valence-electron chi connectivity index (χ3n) is 8.91. The van der Waals surface area contributed by atoms with Gasteiger partial charge in [0.1, 0.15) is 29.0 Å². The second-order valence-corrected chi connectivity index (χ2v) is 18.2. The number of rotatable bonds is 21. The molecule has 0 saturated heterocycles. The first kappa shape index (κ1) is 49.7. The summed E-state index contributed by atoms with van der Waals surface area (Å²) in [5.41, 5.74) is -2.04. The molecule has 0 aromatic heterocycles. The quantitative estimate of drug-likeness (QED) is 0.0581. The molecule has 3 atom stereocenters. The highest BCUT2D eigenvalue weighted by Gasteiger charge is 2.46. The maximum atomic E-state index is 14.3. The fourth-order valence-electron chi connectivity index (χ4n) is 6.42. The molecule has 0 unspecified atom stereocenters. The van der Waals surface area contributed by atoms with E-state index in [4.69, 9.17) is 23.7 Å². The van der Waals surface area contributed by atoms with Crippen LogP contribution in [0, 0.1) is 11.3 Å². The van der Waals surface area contributed by atoms with E-state index in [0.717, 1.165) is 6.26 Å². The second kappa shape index (κ2) is 22.6. The fraction of sp³-hybridized carbons (Fsp3) is 0.700. The lowest BCUT2D eigenvalue weighted by molar-refractivity contribution is -0.162. The van der Waals surface area contributed by atoms with E-state index < -0.39 is 80.6 Å². The number of carbonyl (C=O) groups excluding carboxylic acids is 6. The van der Waals surface area contributed by atoms with Crippen LogP contribution in [0.5, 0.6) is 5.75 Å². The molecule has 18 heteroatoms. The molecule has 0 radical (unpaired) electrons. The van der Waals surface area contributed by atoms with Crippen LogP contribution >= 0.6 is 0 Å². The van der Waals surface area contributed by atoms with E-state index in [2.05, 4.69) is 20.7 Å². The predicted molar refractivity (Wildman–Crippen MR) is 214 cm³/mol. The lowest BCUT2D eigenvalue weighted by atomic mass is 9.76. The number of sulfonamides is 1. The van der Waals surface area contributed by atoms with Crippen LogP contribution in [0.2, 0.25) is 0 Å². The van der Waals surface area contributed by atoms with Crippen molar-refractivity contribution in [2.24, 2.45) is 11.3 Å². The van der Waals surface area contributed by atoms with Crippen molar-refractivity contribution in [3.63, 3.8) is 0 Å². The van der Waals surface area contributed by atoms with Gasteiger partial charge < -0.3 is 39.6 Å². The number of alkyl carbamates (subject to hydrolysis) is 1. The lowest BCUT2D eigenvalue weighted by Crippen LogP contribution is -2.52. The summed E-state index contributed by atoms with van der Waals surface area (Å²) in [5, 5.41) is 8.22. The Bertz CT molecular complexity index is 1650. The van der Waals surface area contributed by atoms with Gasteiger partial charge in [-0.1, -0.05) is 25.0 Å². The highest BCUT2D eigenvalue weighted by Crippen LogP contribution is 2.44. The molecule has 58 heavy (non-hydrogen) atoms. The molecule has 1 aliphatic rings. The van der Waals surface area contributed by atoms with E-state index in [-0.39, 0.29) is 51.3 Å². The van der Waals surface area contributed by atoms with Crippen LogP contribution in [0.1, 0.15) is 112 Å². The van der Waals surface area contributed by atoms with Gasteiger partial charge in [0.15, 0.2) is 0 Å². The van der Waals surface area contributed by atoms with Crippen molar-refractivity contribution in [3.05, 3.63) is 29.8 Å². The molecule has 0 spiro atoms. The Kier molecular flexibility index (Phi) is 19.4. The Morgan fingerprint density at radius 3 is 1.95 bits per heavy atom. The Hall–Kier alpha value is -4.45. The molecule has 1 fully saturated rings. The summed E-state index contributed by atoms with van der Waals surface area (Å²) in [6.45, 7) is 13.8. The van der Waals surface area contributed by atoms with E-state index in [1.165, 1.54) is 12.1 Å². The summed E-state index contributed by atoms with van der Waals surface area (Å²) in [6.07, 6.45) is 2.55.